The third-order valence-corrected chi connectivity index (χ3v) is 5.34. The first-order chi connectivity index (χ1) is 13.9. The monoisotopic (exact) mass is 416 g/mol. The molecule has 29 heavy (non-hydrogen) atoms. The minimum absolute atomic E-state index is 0.126. The Labute approximate surface area is 173 Å². The molecule has 0 spiro atoms. The third-order valence-electron chi connectivity index (χ3n) is 4.19. The van der Waals surface area contributed by atoms with Gasteiger partial charge in [-0.25, -0.2) is 9.13 Å². The van der Waals surface area contributed by atoms with E-state index in [9.17, 15) is 9.46 Å². The largest absolute Gasteiger partial charge is 0.756 e. The van der Waals surface area contributed by atoms with Gasteiger partial charge in [-0.3, -0.25) is 4.57 Å². The molecule has 1 heterocycles. The van der Waals surface area contributed by atoms with E-state index in [0.717, 1.165) is 6.54 Å². The molecule has 3 rings (SSSR count). The normalized spacial score (nSPS) is 11.1. The number of aryl methyl sites for hydroxylation is 2. The Morgan fingerprint density at radius 3 is 1.83 bits per heavy atom. The fraction of sp³-hybridized carbons (Fsp3) is 0.318. The van der Waals surface area contributed by atoms with Gasteiger partial charge in [0, 0.05) is 11.1 Å². The lowest BCUT2D eigenvalue weighted by molar-refractivity contribution is -0.660. The maximum atomic E-state index is 10.4. The maximum absolute atomic E-state index is 10.4. The highest BCUT2D eigenvalue weighted by Gasteiger charge is 2.23. The lowest BCUT2D eigenvalue weighted by Gasteiger charge is -2.20. The van der Waals surface area contributed by atoms with E-state index in [-0.39, 0.29) is 13.2 Å². The number of hydrogen-bond acceptors (Lipinski definition) is 4. The van der Waals surface area contributed by atoms with Gasteiger partial charge in [-0.05, 0) is 20.8 Å². The van der Waals surface area contributed by atoms with Gasteiger partial charge in [0.15, 0.2) is 11.4 Å². The van der Waals surface area contributed by atoms with Gasteiger partial charge in [0.05, 0.1) is 26.8 Å². The number of imidazole rings is 1. The Kier molecular flexibility index (Phi) is 8.80. The van der Waals surface area contributed by atoms with E-state index in [1.54, 1.807) is 13.8 Å². The summed E-state index contributed by atoms with van der Waals surface area (Å²) < 4.78 is 23.4. The van der Waals surface area contributed by atoms with Crippen LogP contribution < -0.4 is 9.46 Å². The predicted octanol–water partition coefficient (Wildman–Crippen LogP) is 4.19. The molecule has 0 atom stereocenters. The highest BCUT2D eigenvalue weighted by atomic mass is 31.2. The molecule has 0 bridgehead atoms. The van der Waals surface area contributed by atoms with Crippen LogP contribution in [0.4, 0.5) is 0 Å². The van der Waals surface area contributed by atoms with Crippen molar-refractivity contribution in [1.29, 1.82) is 0 Å². The van der Waals surface area contributed by atoms with Crippen LogP contribution in [0.3, 0.4) is 0 Å². The zero-order valence-corrected chi connectivity index (χ0v) is 18.3. The molecule has 0 aliphatic rings. The summed E-state index contributed by atoms with van der Waals surface area (Å²) in [6.07, 6.45) is 2.17. The summed E-state index contributed by atoms with van der Waals surface area (Å²) in [5, 5.41) is 0. The van der Waals surface area contributed by atoms with Crippen LogP contribution in [0.5, 0.6) is 0 Å². The Morgan fingerprint density at radius 1 is 0.897 bits per heavy atom. The minimum atomic E-state index is -3.94. The summed E-state index contributed by atoms with van der Waals surface area (Å²) in [7, 11) is -1.83. The molecule has 6 nitrogen and oxygen atoms in total. The molecule has 1 aromatic heterocycles. The SMILES string of the molecule is CCOP(=O)([O-])OCC.CCn1c[n+](C)c(-c2ccccc2)c1-c1ccccc1. The lowest BCUT2D eigenvalue weighted by Crippen LogP contribution is -2.27. The Balaban J connectivity index is 0.000000284. The van der Waals surface area contributed by atoms with Crippen LogP contribution in [-0.2, 0) is 27.2 Å². The van der Waals surface area contributed by atoms with Gasteiger partial charge in [-0.15, -0.1) is 0 Å². The van der Waals surface area contributed by atoms with Crippen molar-refractivity contribution < 1.29 is 23.1 Å². The molecule has 156 valence electrons. The fourth-order valence-corrected chi connectivity index (χ4v) is 3.76. The van der Waals surface area contributed by atoms with Crippen LogP contribution in [0.2, 0.25) is 0 Å². The van der Waals surface area contributed by atoms with Crippen molar-refractivity contribution in [3.05, 3.63) is 67.0 Å². The van der Waals surface area contributed by atoms with Crippen molar-refractivity contribution in [2.45, 2.75) is 27.3 Å². The zero-order chi connectivity index (χ0) is 21.3. The van der Waals surface area contributed by atoms with Gasteiger partial charge in [-0.1, -0.05) is 60.7 Å². The fourth-order valence-electron chi connectivity index (χ4n) is 3.06. The standard InChI is InChI=1S/C18H19N2.C4H11O4P/c1-3-20-14-19(2)17(15-10-6-4-7-11-15)18(20)16-12-8-5-9-13-16;1-3-7-9(5,6)8-4-2/h4-14H,3H2,1-2H3;3-4H2,1-2H3,(H,5,6)/q+1;/p-1. The topological polar surface area (TPSA) is 67.4 Å². The summed E-state index contributed by atoms with van der Waals surface area (Å²) in [6, 6.07) is 21.2. The van der Waals surface area contributed by atoms with Crippen molar-refractivity contribution in [1.82, 2.24) is 4.57 Å². The Morgan fingerprint density at radius 2 is 1.38 bits per heavy atom. The zero-order valence-electron chi connectivity index (χ0n) is 17.4. The molecule has 0 saturated heterocycles. The van der Waals surface area contributed by atoms with Crippen LogP contribution >= 0.6 is 7.82 Å². The van der Waals surface area contributed by atoms with Crippen molar-refractivity contribution in [2.75, 3.05) is 13.2 Å². The predicted molar refractivity (Wildman–Crippen MR) is 113 cm³/mol. The van der Waals surface area contributed by atoms with Crippen LogP contribution in [0.25, 0.3) is 22.5 Å². The summed E-state index contributed by atoms with van der Waals surface area (Å²) in [6.45, 7) is 6.57. The van der Waals surface area contributed by atoms with Crippen molar-refractivity contribution in [2.24, 2.45) is 7.05 Å². The van der Waals surface area contributed by atoms with Gasteiger partial charge < -0.3 is 13.9 Å². The quantitative estimate of drug-likeness (QED) is 0.428. The number of hydrogen-bond donors (Lipinski definition) is 0. The molecule has 2 aromatic carbocycles. The van der Waals surface area contributed by atoms with E-state index in [4.69, 9.17) is 0 Å². The molecule has 7 heteroatoms. The Hall–Kier alpha value is -2.24. The number of nitrogens with zero attached hydrogens (tertiary/aromatic N) is 2. The second kappa shape index (κ2) is 11.1. The first-order valence-electron chi connectivity index (χ1n) is 9.73. The molecular formula is C22H29N2O4P. The maximum Gasteiger partial charge on any atom is 0.267 e. The van der Waals surface area contributed by atoms with Crippen LogP contribution in [-0.4, -0.2) is 17.8 Å². The lowest BCUT2D eigenvalue weighted by atomic mass is 10.0. The average Bonchev–Trinajstić information content (AvgIpc) is 3.06. The van der Waals surface area contributed by atoms with Gasteiger partial charge >= 0.3 is 0 Å². The number of benzene rings is 2. The van der Waals surface area contributed by atoms with Crippen LogP contribution in [0.15, 0.2) is 67.0 Å². The molecule has 0 aliphatic heterocycles. The molecule has 0 aliphatic carbocycles. The Bertz CT molecular complexity index is 917. The van der Waals surface area contributed by atoms with Gasteiger partial charge in [0.25, 0.3) is 7.82 Å². The van der Waals surface area contributed by atoms with Crippen molar-refractivity contribution in [3.63, 3.8) is 0 Å². The number of rotatable bonds is 7. The second-order valence-electron chi connectivity index (χ2n) is 6.22. The molecule has 0 saturated carbocycles. The van der Waals surface area contributed by atoms with E-state index in [2.05, 4.69) is 99.1 Å². The van der Waals surface area contributed by atoms with Gasteiger partial charge in [-0.2, -0.15) is 0 Å². The molecule has 0 radical (unpaired) electrons. The highest BCUT2D eigenvalue weighted by molar-refractivity contribution is 7.45. The summed E-state index contributed by atoms with van der Waals surface area (Å²) >= 11 is 0. The van der Waals surface area contributed by atoms with Crippen LogP contribution in [0.1, 0.15) is 20.8 Å². The third kappa shape index (κ3) is 6.38. The average molecular weight is 416 g/mol. The van der Waals surface area contributed by atoms with E-state index in [1.807, 2.05) is 0 Å². The molecule has 3 aromatic rings. The van der Waals surface area contributed by atoms with Crippen LogP contribution in [0, 0.1) is 0 Å². The number of phosphoric acid groups is 1. The van der Waals surface area contributed by atoms with E-state index in [1.165, 1.54) is 22.5 Å². The second-order valence-corrected chi connectivity index (χ2v) is 7.64. The van der Waals surface area contributed by atoms with E-state index in [0.29, 0.717) is 0 Å². The van der Waals surface area contributed by atoms with Crippen molar-refractivity contribution >= 4 is 7.82 Å². The van der Waals surface area contributed by atoms with Crippen molar-refractivity contribution in [3.8, 4) is 22.5 Å². The summed E-state index contributed by atoms with van der Waals surface area (Å²) in [5.41, 5.74) is 5.05. The first-order valence-corrected chi connectivity index (χ1v) is 11.2. The number of phosphoric ester groups is 1. The molecule has 0 unspecified atom stereocenters. The smallest absolute Gasteiger partial charge is 0.267 e. The molecular weight excluding hydrogens is 387 g/mol. The highest BCUT2D eigenvalue weighted by Crippen LogP contribution is 2.37. The molecule has 0 amide bonds. The number of aromatic nitrogens is 2. The summed E-state index contributed by atoms with van der Waals surface area (Å²) in [5.74, 6) is 0. The van der Waals surface area contributed by atoms with E-state index >= 15 is 0 Å². The summed E-state index contributed by atoms with van der Waals surface area (Å²) in [4.78, 5) is 10.4. The van der Waals surface area contributed by atoms with Gasteiger partial charge in [0.2, 0.25) is 6.33 Å². The van der Waals surface area contributed by atoms with E-state index < -0.39 is 7.82 Å². The molecule has 0 fully saturated rings. The minimum Gasteiger partial charge on any atom is -0.756 e. The first kappa shape index (κ1) is 23.0. The molecule has 0 N–H and O–H groups in total. The van der Waals surface area contributed by atoms with Gasteiger partial charge in [0.1, 0.15) is 0 Å².